The van der Waals surface area contributed by atoms with Gasteiger partial charge in [0.2, 0.25) is 11.5 Å². The Hall–Kier alpha value is -4.07. The lowest BCUT2D eigenvalue weighted by Gasteiger charge is -2.18. The first kappa shape index (κ1) is 37.7. The molecule has 0 unspecified atom stereocenters. The molecule has 8 nitrogen and oxygen atoms in total. The monoisotopic (exact) mass is 673 g/mol. The molecule has 2 heterocycles. The van der Waals surface area contributed by atoms with Gasteiger partial charge >= 0.3 is 17.8 Å². The van der Waals surface area contributed by atoms with Gasteiger partial charge in [-0.1, -0.05) is 94.9 Å². The van der Waals surface area contributed by atoms with Gasteiger partial charge in [-0.25, -0.2) is 0 Å². The van der Waals surface area contributed by atoms with Crippen molar-refractivity contribution in [1.29, 1.82) is 0 Å². The number of hydrogen-bond acceptors (Lipinski definition) is 7. The molecule has 49 heavy (non-hydrogen) atoms. The number of benzene rings is 2. The Morgan fingerprint density at radius 3 is 1.90 bits per heavy atom. The van der Waals surface area contributed by atoms with Crippen molar-refractivity contribution in [3.63, 3.8) is 0 Å². The molecule has 0 atom stereocenters. The maximum absolute atomic E-state index is 11.2. The molecule has 0 saturated carbocycles. The standard InChI is InChI=1S/C41H57N2O6/c1-46-40(44)30-15-11-7-3-5-9-13-21-32-42-34-24-17-19-26-36(34)48-38(42)28-23-29-39-43(35-25-18-20-27-37(35)49-39)33-22-14-10-6-4-8-12-16-31-41(45)47-2/h17-20,23-29H,3-16,21-22,30-33H2,1-2H3/q+1. The van der Waals surface area contributed by atoms with Crippen molar-refractivity contribution in [1.82, 2.24) is 0 Å². The number of anilines is 1. The Kier molecular flexibility index (Phi) is 16.8. The predicted octanol–water partition coefficient (Wildman–Crippen LogP) is 9.84. The van der Waals surface area contributed by atoms with Crippen LogP contribution in [-0.4, -0.2) is 32.7 Å². The first-order valence-electron chi connectivity index (χ1n) is 18.6. The number of nitrogens with zero attached hydrogens (tertiary/aromatic N) is 2. The largest absolute Gasteiger partial charge is 0.469 e. The number of allylic oxidation sites excluding steroid dienone is 2. The Labute approximate surface area is 293 Å². The van der Waals surface area contributed by atoms with Gasteiger partial charge in [-0.2, -0.15) is 4.57 Å². The van der Waals surface area contributed by atoms with E-state index in [2.05, 4.69) is 45.9 Å². The molecule has 0 radical (unpaired) electrons. The molecule has 1 aliphatic heterocycles. The van der Waals surface area contributed by atoms with Gasteiger partial charge in [0.1, 0.15) is 0 Å². The molecule has 1 aliphatic rings. The summed E-state index contributed by atoms with van der Waals surface area (Å²) in [6.45, 7) is 1.82. The fraction of sp³-hybridized carbons (Fsp3) is 0.537. The van der Waals surface area contributed by atoms with Crippen LogP contribution in [0.15, 0.2) is 71.0 Å². The summed E-state index contributed by atoms with van der Waals surface area (Å²) in [6.07, 6.45) is 25.5. The predicted molar refractivity (Wildman–Crippen MR) is 195 cm³/mol. The maximum atomic E-state index is 11.2. The highest BCUT2D eigenvalue weighted by atomic mass is 16.5. The molecule has 0 fully saturated rings. The zero-order chi connectivity index (χ0) is 34.5. The number of ether oxygens (including phenoxy) is 3. The smallest absolute Gasteiger partial charge is 0.374 e. The molecule has 3 aromatic rings. The summed E-state index contributed by atoms with van der Waals surface area (Å²) in [7, 11) is 2.91. The number of aromatic nitrogens is 1. The van der Waals surface area contributed by atoms with Crippen molar-refractivity contribution in [2.24, 2.45) is 0 Å². The highest BCUT2D eigenvalue weighted by Crippen LogP contribution is 2.38. The Morgan fingerprint density at radius 2 is 1.24 bits per heavy atom. The third-order valence-electron chi connectivity index (χ3n) is 9.23. The highest BCUT2D eigenvalue weighted by Gasteiger charge is 2.25. The lowest BCUT2D eigenvalue weighted by molar-refractivity contribution is -0.678. The van der Waals surface area contributed by atoms with E-state index in [0.29, 0.717) is 12.8 Å². The van der Waals surface area contributed by atoms with Crippen molar-refractivity contribution in [2.75, 3.05) is 25.7 Å². The van der Waals surface area contributed by atoms with Crippen LogP contribution in [0.25, 0.3) is 17.2 Å². The molecular weight excluding hydrogens is 616 g/mol. The van der Waals surface area contributed by atoms with Gasteiger partial charge in [0.15, 0.2) is 12.3 Å². The third kappa shape index (κ3) is 12.7. The summed E-state index contributed by atoms with van der Waals surface area (Å²) in [6, 6.07) is 16.5. The number of carbonyl (C=O) groups excluding carboxylic acids is 2. The number of methoxy groups -OCH3 is 2. The zero-order valence-corrected chi connectivity index (χ0v) is 29.8. The van der Waals surface area contributed by atoms with E-state index in [1.807, 2.05) is 30.3 Å². The fourth-order valence-corrected chi connectivity index (χ4v) is 6.43. The summed E-state index contributed by atoms with van der Waals surface area (Å²) in [5.74, 6) is 2.37. The van der Waals surface area contributed by atoms with Crippen LogP contribution in [0.3, 0.4) is 0 Å². The van der Waals surface area contributed by atoms with Gasteiger partial charge in [-0.05, 0) is 56.0 Å². The number of aryl methyl sites for hydroxylation is 1. The molecule has 1 aromatic heterocycles. The molecule has 0 bridgehead atoms. The second-order valence-electron chi connectivity index (χ2n) is 13.0. The summed E-state index contributed by atoms with van der Waals surface area (Å²) < 4.78 is 24.3. The number of hydrogen-bond donors (Lipinski definition) is 0. The summed E-state index contributed by atoms with van der Waals surface area (Å²) >= 11 is 0. The van der Waals surface area contributed by atoms with E-state index in [9.17, 15) is 9.59 Å². The quantitative estimate of drug-likeness (QED) is 0.0532. The molecule has 8 heteroatoms. The Morgan fingerprint density at radius 1 is 0.694 bits per heavy atom. The van der Waals surface area contributed by atoms with Gasteiger partial charge in [0.25, 0.3) is 5.52 Å². The van der Waals surface area contributed by atoms with Crippen LogP contribution < -0.4 is 14.2 Å². The van der Waals surface area contributed by atoms with Crippen molar-refractivity contribution < 1.29 is 32.8 Å². The average molecular weight is 674 g/mol. The Bertz CT molecular complexity index is 1490. The van der Waals surface area contributed by atoms with Crippen molar-refractivity contribution in [3.8, 4) is 5.75 Å². The van der Waals surface area contributed by atoms with Crippen LogP contribution in [0.1, 0.15) is 121 Å². The molecule has 4 rings (SSSR count). The van der Waals surface area contributed by atoms with Gasteiger partial charge in [-0.15, -0.1) is 0 Å². The molecule has 0 saturated heterocycles. The highest BCUT2D eigenvalue weighted by molar-refractivity contribution is 5.70. The van der Waals surface area contributed by atoms with Crippen LogP contribution in [-0.2, 0) is 25.6 Å². The van der Waals surface area contributed by atoms with E-state index in [1.165, 1.54) is 78.4 Å². The number of oxazole rings is 1. The molecule has 2 aromatic carbocycles. The minimum Gasteiger partial charge on any atom is -0.469 e. The molecule has 266 valence electrons. The number of para-hydroxylation sites is 4. The van der Waals surface area contributed by atoms with Gasteiger partial charge < -0.3 is 23.5 Å². The third-order valence-corrected chi connectivity index (χ3v) is 9.23. The van der Waals surface area contributed by atoms with Gasteiger partial charge in [0.05, 0.1) is 26.0 Å². The van der Waals surface area contributed by atoms with E-state index >= 15 is 0 Å². The topological polar surface area (TPSA) is 82.1 Å². The van der Waals surface area contributed by atoms with E-state index in [-0.39, 0.29) is 11.9 Å². The lowest BCUT2D eigenvalue weighted by Crippen LogP contribution is -2.35. The minimum atomic E-state index is -0.106. The van der Waals surface area contributed by atoms with E-state index < -0.39 is 0 Å². The van der Waals surface area contributed by atoms with Crippen LogP contribution in [0.5, 0.6) is 5.75 Å². The molecule has 0 spiro atoms. The first-order chi connectivity index (χ1) is 24.1. The van der Waals surface area contributed by atoms with E-state index in [4.69, 9.17) is 18.6 Å². The summed E-state index contributed by atoms with van der Waals surface area (Å²) in [4.78, 5) is 24.8. The zero-order valence-electron chi connectivity index (χ0n) is 29.8. The molecule has 0 aliphatic carbocycles. The number of esters is 2. The van der Waals surface area contributed by atoms with Crippen molar-refractivity contribution in [3.05, 3.63) is 72.5 Å². The SMILES string of the molecule is COC(=O)CCCCCCCCCCN1/C(=C\C=C\c2oc3ccccc3[n+]2CCCCCCCCCCC(=O)OC)Oc2ccccc21. The second-order valence-corrected chi connectivity index (χ2v) is 13.0. The lowest BCUT2D eigenvalue weighted by atomic mass is 10.1. The first-order valence-corrected chi connectivity index (χ1v) is 18.6. The normalized spacial score (nSPS) is 13.3. The Balaban J connectivity index is 1.24. The fourth-order valence-electron chi connectivity index (χ4n) is 6.43. The number of rotatable bonds is 24. The molecular formula is C41H57N2O6+. The minimum absolute atomic E-state index is 0.106. The van der Waals surface area contributed by atoms with Gasteiger partial charge in [-0.3, -0.25) is 9.59 Å². The van der Waals surface area contributed by atoms with Crippen LogP contribution in [0.2, 0.25) is 0 Å². The van der Waals surface area contributed by atoms with Crippen LogP contribution in [0, 0.1) is 0 Å². The van der Waals surface area contributed by atoms with Crippen molar-refractivity contribution >= 4 is 34.8 Å². The second kappa shape index (κ2) is 21.8. The maximum Gasteiger partial charge on any atom is 0.374 e. The van der Waals surface area contributed by atoms with Gasteiger partial charge in [0, 0.05) is 31.9 Å². The summed E-state index contributed by atoms with van der Waals surface area (Å²) in [5.41, 5.74) is 3.13. The number of unbranched alkanes of at least 4 members (excludes halogenated alkanes) is 14. The van der Waals surface area contributed by atoms with E-state index in [1.54, 1.807) is 0 Å². The van der Waals surface area contributed by atoms with Crippen LogP contribution in [0.4, 0.5) is 5.69 Å². The van der Waals surface area contributed by atoms with Crippen LogP contribution >= 0.6 is 0 Å². The molecule has 0 amide bonds. The molecule has 0 N–H and O–H groups in total. The average Bonchev–Trinajstić information content (AvgIpc) is 3.66. The number of fused-ring (bicyclic) bond motifs is 2. The number of carbonyl (C=O) groups is 2. The van der Waals surface area contributed by atoms with E-state index in [0.717, 1.165) is 85.9 Å². The summed E-state index contributed by atoms with van der Waals surface area (Å²) in [5, 5.41) is 0. The van der Waals surface area contributed by atoms with Crippen molar-refractivity contribution in [2.45, 2.75) is 122 Å².